The summed E-state index contributed by atoms with van der Waals surface area (Å²) in [7, 11) is 0. The van der Waals surface area contributed by atoms with Crippen LogP contribution in [-0.2, 0) is 9.53 Å². The Balaban J connectivity index is 0.000000262. The number of fused-ring (bicyclic) bond motifs is 1. The van der Waals surface area contributed by atoms with Crippen molar-refractivity contribution in [3.05, 3.63) is 35.7 Å². The van der Waals surface area contributed by atoms with Crippen molar-refractivity contribution in [3.8, 4) is 11.3 Å². The summed E-state index contributed by atoms with van der Waals surface area (Å²) in [5.74, 6) is 0.223. The number of carbonyl (C=O) groups excluding carboxylic acids is 3. The second-order valence-electron chi connectivity index (χ2n) is 11.9. The third kappa shape index (κ3) is 7.38. The van der Waals surface area contributed by atoms with Crippen LogP contribution < -0.4 is 16.0 Å². The Kier molecular flexibility index (Phi) is 9.09. The minimum absolute atomic E-state index is 0.00696. The highest BCUT2D eigenvalue weighted by Gasteiger charge is 2.33. The minimum Gasteiger partial charge on any atom is -0.444 e. The summed E-state index contributed by atoms with van der Waals surface area (Å²) in [4.78, 5) is 49.9. The molecule has 0 saturated carbocycles. The average molecular weight is 584 g/mol. The first-order chi connectivity index (χ1) is 19.7. The van der Waals surface area contributed by atoms with E-state index < -0.39 is 17.3 Å². The van der Waals surface area contributed by atoms with Crippen LogP contribution in [0.1, 0.15) is 51.0 Å². The van der Waals surface area contributed by atoms with Gasteiger partial charge in [0.25, 0.3) is 5.91 Å². The van der Waals surface area contributed by atoms with Crippen LogP contribution in [0.15, 0.2) is 22.7 Å². The van der Waals surface area contributed by atoms with Gasteiger partial charge in [0, 0.05) is 57.2 Å². The van der Waals surface area contributed by atoms with Crippen molar-refractivity contribution in [2.24, 2.45) is 17.6 Å². The molecule has 226 valence electrons. The predicted octanol–water partition coefficient (Wildman–Crippen LogP) is 3.32. The van der Waals surface area contributed by atoms with Gasteiger partial charge in [-0.25, -0.2) is 24.1 Å². The Hall–Kier alpha value is -4.13. The number of aryl methyl sites for hydroxylation is 1. The second-order valence-corrected chi connectivity index (χ2v) is 11.9. The largest absolute Gasteiger partial charge is 0.444 e. The van der Waals surface area contributed by atoms with Crippen LogP contribution >= 0.6 is 0 Å². The number of likely N-dealkylation sites (tertiary alicyclic amines) is 1. The van der Waals surface area contributed by atoms with Gasteiger partial charge in [0.2, 0.25) is 0 Å². The molecule has 3 N–H and O–H groups in total. The molecule has 4 heterocycles. The van der Waals surface area contributed by atoms with Crippen molar-refractivity contribution in [2.45, 2.75) is 53.2 Å². The lowest BCUT2D eigenvalue weighted by atomic mass is 10.00. The number of anilines is 1. The van der Waals surface area contributed by atoms with Crippen molar-refractivity contribution < 1.29 is 27.9 Å². The maximum Gasteiger partial charge on any atom is 0.410 e. The first-order valence-corrected chi connectivity index (χ1v) is 13.9. The lowest BCUT2D eigenvalue weighted by Crippen LogP contribution is -2.52. The Morgan fingerprint density at radius 3 is 2.50 bits per heavy atom. The zero-order valence-electron chi connectivity index (χ0n) is 24.8. The molecule has 2 amide bonds. The molecule has 2 aliphatic heterocycles. The van der Waals surface area contributed by atoms with Crippen LogP contribution in [0.5, 0.6) is 0 Å². The van der Waals surface area contributed by atoms with Crippen LogP contribution in [0.3, 0.4) is 0 Å². The van der Waals surface area contributed by atoms with Crippen molar-refractivity contribution in [1.82, 2.24) is 25.2 Å². The summed E-state index contributed by atoms with van der Waals surface area (Å²) < 4.78 is 25.1. The summed E-state index contributed by atoms with van der Waals surface area (Å²) in [5, 5.41) is 3.42. The lowest BCUT2D eigenvalue weighted by molar-refractivity contribution is -0.115. The number of nitrogens with zero attached hydrogens (tertiary/aromatic N) is 5. The SMILES string of the molecule is CC(C)(C)OC(=O)N1CC(C=O)C1.Cc1nc2c(F)cc(-c3nc(N4CC(CNC(C)C)C4)cnc3C(N)=O)cc2o1. The van der Waals surface area contributed by atoms with E-state index in [-0.39, 0.29) is 34.5 Å². The molecule has 2 fully saturated rings. The van der Waals surface area contributed by atoms with Crippen molar-refractivity contribution in [1.29, 1.82) is 0 Å². The molecule has 42 heavy (non-hydrogen) atoms. The molecule has 2 aromatic heterocycles. The number of hydrogen-bond acceptors (Lipinski definition) is 10. The van der Waals surface area contributed by atoms with Gasteiger partial charge in [-0.2, -0.15) is 0 Å². The fourth-order valence-electron chi connectivity index (χ4n) is 4.51. The molecular formula is C29H38FN7O5. The number of hydrogen-bond donors (Lipinski definition) is 2. The molecule has 0 atom stereocenters. The molecule has 0 radical (unpaired) electrons. The first kappa shape index (κ1) is 30.8. The van der Waals surface area contributed by atoms with Gasteiger partial charge >= 0.3 is 6.09 Å². The topological polar surface area (TPSA) is 157 Å². The van der Waals surface area contributed by atoms with E-state index in [1.165, 1.54) is 17.2 Å². The number of carbonyl (C=O) groups is 3. The Morgan fingerprint density at radius 1 is 1.21 bits per heavy atom. The molecule has 2 aliphatic rings. The minimum atomic E-state index is -0.726. The number of aldehydes is 1. The quantitative estimate of drug-likeness (QED) is 0.396. The van der Waals surface area contributed by atoms with E-state index in [4.69, 9.17) is 14.9 Å². The number of rotatable bonds is 7. The van der Waals surface area contributed by atoms with E-state index in [0.29, 0.717) is 42.3 Å². The molecule has 0 bridgehead atoms. The monoisotopic (exact) mass is 583 g/mol. The number of ether oxygens (including phenoxy) is 1. The van der Waals surface area contributed by atoms with Gasteiger partial charge < -0.3 is 34.8 Å². The molecule has 3 aromatic rings. The van der Waals surface area contributed by atoms with Crippen LogP contribution in [0.2, 0.25) is 0 Å². The standard InChI is InChI=1S/C20H23FN6O2.C9H15NO3/c1-10(2)23-6-12-8-27(9-12)16-7-24-19(20(22)28)17(26-16)13-4-14(21)18-15(5-13)29-11(3)25-18;1-9(2,3)13-8(12)10-4-7(5-10)6-11/h4-5,7,10,12,23H,6,8-9H2,1-3H3,(H2,22,28);6-7H,4-5H2,1-3H3. The number of nitrogens with two attached hydrogens (primary N) is 1. The van der Waals surface area contributed by atoms with E-state index in [0.717, 1.165) is 25.9 Å². The van der Waals surface area contributed by atoms with Gasteiger partial charge in [0.05, 0.1) is 12.1 Å². The molecule has 12 nitrogen and oxygen atoms in total. The van der Waals surface area contributed by atoms with Gasteiger partial charge in [0.15, 0.2) is 23.0 Å². The fourth-order valence-corrected chi connectivity index (χ4v) is 4.51. The molecule has 13 heteroatoms. The van der Waals surface area contributed by atoms with Crippen LogP contribution in [-0.4, -0.2) is 82.5 Å². The molecule has 5 rings (SSSR count). The Bertz CT molecular complexity index is 1460. The normalized spacial score (nSPS) is 15.6. The fraction of sp³-hybridized carbons (Fsp3) is 0.517. The van der Waals surface area contributed by atoms with E-state index in [1.807, 2.05) is 20.8 Å². The van der Waals surface area contributed by atoms with Crippen molar-refractivity contribution >= 4 is 35.2 Å². The Morgan fingerprint density at radius 2 is 1.90 bits per heavy atom. The highest BCUT2D eigenvalue weighted by atomic mass is 19.1. The molecular weight excluding hydrogens is 545 g/mol. The van der Waals surface area contributed by atoms with Gasteiger partial charge in [-0.1, -0.05) is 13.8 Å². The molecule has 2 saturated heterocycles. The van der Waals surface area contributed by atoms with Crippen LogP contribution in [0.25, 0.3) is 22.4 Å². The van der Waals surface area contributed by atoms with E-state index >= 15 is 0 Å². The molecule has 0 aliphatic carbocycles. The number of aromatic nitrogens is 3. The van der Waals surface area contributed by atoms with Gasteiger partial charge in [-0.05, 0) is 32.9 Å². The number of amides is 2. The predicted molar refractivity (Wildman–Crippen MR) is 154 cm³/mol. The van der Waals surface area contributed by atoms with Crippen molar-refractivity contribution in [2.75, 3.05) is 37.6 Å². The maximum absolute atomic E-state index is 14.5. The van der Waals surface area contributed by atoms with Crippen molar-refractivity contribution in [3.63, 3.8) is 0 Å². The molecule has 1 aromatic carbocycles. The van der Waals surface area contributed by atoms with E-state index in [1.54, 1.807) is 13.0 Å². The Labute approximate surface area is 243 Å². The number of benzene rings is 1. The number of nitrogens with one attached hydrogen (secondary N) is 1. The van der Waals surface area contributed by atoms with Gasteiger partial charge in [-0.3, -0.25) is 4.79 Å². The number of primary amides is 1. The third-order valence-electron chi connectivity index (χ3n) is 6.67. The average Bonchev–Trinajstić information content (AvgIpc) is 3.22. The zero-order valence-corrected chi connectivity index (χ0v) is 24.8. The number of oxazole rings is 1. The zero-order chi connectivity index (χ0) is 30.8. The first-order valence-electron chi connectivity index (χ1n) is 13.9. The summed E-state index contributed by atoms with van der Waals surface area (Å²) in [6.07, 6.45) is 2.08. The molecule has 0 unspecified atom stereocenters. The maximum atomic E-state index is 14.5. The summed E-state index contributed by atoms with van der Waals surface area (Å²) in [6, 6.07) is 3.31. The highest BCUT2D eigenvalue weighted by molar-refractivity contribution is 5.98. The number of halogens is 1. The summed E-state index contributed by atoms with van der Waals surface area (Å²) >= 11 is 0. The highest BCUT2D eigenvalue weighted by Crippen LogP contribution is 2.30. The van der Waals surface area contributed by atoms with Gasteiger partial charge in [-0.15, -0.1) is 0 Å². The summed E-state index contributed by atoms with van der Waals surface area (Å²) in [5.41, 5.74) is 6.03. The molecule has 0 spiro atoms. The van der Waals surface area contributed by atoms with E-state index in [2.05, 4.69) is 39.0 Å². The van der Waals surface area contributed by atoms with E-state index in [9.17, 15) is 18.8 Å². The lowest BCUT2D eigenvalue weighted by Gasteiger charge is -2.40. The second kappa shape index (κ2) is 12.4. The van der Waals surface area contributed by atoms with Crippen LogP contribution in [0, 0.1) is 24.6 Å². The van der Waals surface area contributed by atoms with Crippen LogP contribution in [0.4, 0.5) is 15.0 Å². The smallest absolute Gasteiger partial charge is 0.410 e. The summed E-state index contributed by atoms with van der Waals surface area (Å²) in [6.45, 7) is 14.9. The third-order valence-corrected chi connectivity index (χ3v) is 6.67. The van der Waals surface area contributed by atoms with Gasteiger partial charge in [0.1, 0.15) is 28.9 Å².